The van der Waals surface area contributed by atoms with Crippen LogP contribution in [-0.2, 0) is 11.4 Å². The van der Waals surface area contributed by atoms with E-state index in [1.165, 1.54) is 11.3 Å². The zero-order valence-electron chi connectivity index (χ0n) is 13.4. The molecule has 0 spiro atoms. The summed E-state index contributed by atoms with van der Waals surface area (Å²) in [4.78, 5) is 14.3. The van der Waals surface area contributed by atoms with Crippen molar-refractivity contribution in [3.05, 3.63) is 77.3 Å². The number of aromatic nitrogens is 1. The smallest absolute Gasteiger partial charge is 0.328 e. The molecule has 128 valence electrons. The van der Waals surface area contributed by atoms with Crippen molar-refractivity contribution in [2.75, 3.05) is 5.73 Å². The molecule has 0 aliphatic carbocycles. The Morgan fingerprint density at radius 3 is 2.52 bits per heavy atom. The molecule has 0 atom stereocenters. The minimum absolute atomic E-state index is 0.0139. The zero-order valence-corrected chi connectivity index (χ0v) is 14.2. The molecule has 0 saturated carbocycles. The molecule has 3 aromatic rings. The largest absolute Gasteiger partial charge is 0.478 e. The van der Waals surface area contributed by atoms with E-state index in [2.05, 4.69) is 4.98 Å². The fourth-order valence-electron chi connectivity index (χ4n) is 2.09. The van der Waals surface area contributed by atoms with E-state index in [0.717, 1.165) is 27.8 Å². The first-order valence-corrected chi connectivity index (χ1v) is 8.34. The van der Waals surface area contributed by atoms with Gasteiger partial charge in [-0.1, -0.05) is 42.5 Å². The predicted molar refractivity (Wildman–Crippen MR) is 101 cm³/mol. The van der Waals surface area contributed by atoms with Crippen molar-refractivity contribution in [1.82, 2.24) is 4.98 Å². The molecule has 2 aromatic carbocycles. The first kappa shape index (κ1) is 18.4. The van der Waals surface area contributed by atoms with E-state index < -0.39 is 5.97 Å². The van der Waals surface area contributed by atoms with Gasteiger partial charge in [-0.25, -0.2) is 9.78 Å². The molecule has 1 heterocycles. The summed E-state index contributed by atoms with van der Waals surface area (Å²) in [6.45, 7) is -0.0139. The maximum absolute atomic E-state index is 10.1. The van der Waals surface area contributed by atoms with Gasteiger partial charge in [0, 0.05) is 28.9 Å². The Labute approximate surface area is 149 Å². The number of nitrogen functional groups attached to an aromatic ring is 1. The maximum Gasteiger partial charge on any atom is 0.328 e. The van der Waals surface area contributed by atoms with Crippen LogP contribution in [0.1, 0.15) is 11.1 Å². The van der Waals surface area contributed by atoms with Gasteiger partial charge in [-0.05, 0) is 23.3 Å². The number of thiazole rings is 1. The van der Waals surface area contributed by atoms with Crippen LogP contribution in [0, 0.1) is 0 Å². The summed E-state index contributed by atoms with van der Waals surface area (Å²) in [5.74, 6) is -0.922. The molecule has 6 heteroatoms. The molecule has 0 aliphatic rings. The molecule has 0 aliphatic heterocycles. The quantitative estimate of drug-likeness (QED) is 0.491. The summed E-state index contributed by atoms with van der Waals surface area (Å²) in [6, 6.07) is 14.8. The molecule has 0 radical (unpaired) electrons. The van der Waals surface area contributed by atoms with Crippen LogP contribution in [0.3, 0.4) is 0 Å². The monoisotopic (exact) mass is 354 g/mol. The van der Waals surface area contributed by atoms with E-state index in [4.69, 9.17) is 15.9 Å². The first-order chi connectivity index (χ1) is 12.1. The third-order valence-corrected chi connectivity index (χ3v) is 4.01. The van der Waals surface area contributed by atoms with Crippen LogP contribution in [0.2, 0.25) is 0 Å². The molecule has 0 fully saturated rings. The van der Waals surface area contributed by atoms with Gasteiger partial charge in [0.15, 0.2) is 0 Å². The lowest BCUT2D eigenvalue weighted by molar-refractivity contribution is -0.131. The van der Waals surface area contributed by atoms with Crippen LogP contribution in [0.15, 0.2) is 66.2 Å². The number of aliphatic carboxylic acids is 1. The normalized spacial score (nSPS) is 10.3. The Kier molecular flexibility index (Phi) is 6.88. The lowest BCUT2D eigenvalue weighted by Gasteiger charge is -2.07. The minimum atomic E-state index is -0.922. The van der Waals surface area contributed by atoms with Gasteiger partial charge < -0.3 is 15.9 Å². The van der Waals surface area contributed by atoms with E-state index in [-0.39, 0.29) is 6.61 Å². The van der Waals surface area contributed by atoms with Gasteiger partial charge in [0.1, 0.15) is 5.01 Å². The highest BCUT2D eigenvalue weighted by atomic mass is 32.1. The molecule has 25 heavy (non-hydrogen) atoms. The van der Waals surface area contributed by atoms with Gasteiger partial charge in [-0.15, -0.1) is 11.3 Å². The topological polar surface area (TPSA) is 96.4 Å². The Hall–Kier alpha value is -2.96. The van der Waals surface area contributed by atoms with Crippen LogP contribution in [0.25, 0.3) is 16.6 Å². The molecular weight excluding hydrogens is 336 g/mol. The molecule has 4 N–H and O–H groups in total. The summed E-state index contributed by atoms with van der Waals surface area (Å²) < 4.78 is 0. The number of anilines is 1. The molecule has 0 saturated heterocycles. The van der Waals surface area contributed by atoms with Crippen molar-refractivity contribution in [2.45, 2.75) is 6.61 Å². The number of carboxylic acid groups (broad SMARTS) is 1. The van der Waals surface area contributed by atoms with E-state index >= 15 is 0 Å². The van der Waals surface area contributed by atoms with Crippen LogP contribution in [-0.4, -0.2) is 21.2 Å². The molecule has 0 unspecified atom stereocenters. The summed E-state index contributed by atoms with van der Waals surface area (Å²) in [5, 5.41) is 20.2. The first-order valence-electron chi connectivity index (χ1n) is 7.46. The fraction of sp³-hybridized carbons (Fsp3) is 0.0526. The van der Waals surface area contributed by atoms with Gasteiger partial charge in [-0.2, -0.15) is 0 Å². The van der Waals surface area contributed by atoms with Crippen molar-refractivity contribution >= 4 is 29.1 Å². The van der Waals surface area contributed by atoms with Gasteiger partial charge in [0.25, 0.3) is 0 Å². The third kappa shape index (κ3) is 5.56. The number of carbonyl (C=O) groups is 1. The lowest BCUT2D eigenvalue weighted by atomic mass is 10.1. The summed E-state index contributed by atoms with van der Waals surface area (Å²) in [7, 11) is 0. The SMILES string of the molecule is Nc1cccc(CO)c1-c1nccs1.O=C(O)C=Cc1ccccc1. The lowest BCUT2D eigenvalue weighted by Crippen LogP contribution is -1.95. The average molecular weight is 354 g/mol. The van der Waals surface area contributed by atoms with Gasteiger partial charge in [-0.3, -0.25) is 0 Å². The Morgan fingerprint density at radius 1 is 1.16 bits per heavy atom. The molecule has 5 nitrogen and oxygen atoms in total. The predicted octanol–water partition coefficient (Wildman–Crippen LogP) is 3.67. The highest BCUT2D eigenvalue weighted by Gasteiger charge is 2.09. The minimum Gasteiger partial charge on any atom is -0.478 e. The highest BCUT2D eigenvalue weighted by molar-refractivity contribution is 7.13. The molecule has 0 amide bonds. The standard InChI is InChI=1S/C10H10N2OS.C9H8O2/c11-8-3-1-2-7(6-13)9(8)10-12-4-5-14-10;10-9(11)7-6-8-4-2-1-3-5-8/h1-5,13H,6,11H2;1-7H,(H,10,11). The van der Waals surface area contributed by atoms with Gasteiger partial charge >= 0.3 is 5.97 Å². The summed E-state index contributed by atoms with van der Waals surface area (Å²) >= 11 is 1.52. The molecule has 0 bridgehead atoms. The van der Waals surface area contributed by atoms with Crippen LogP contribution >= 0.6 is 11.3 Å². The van der Waals surface area contributed by atoms with E-state index in [1.807, 2.05) is 53.9 Å². The third-order valence-electron chi connectivity index (χ3n) is 3.22. The average Bonchev–Trinajstić information content (AvgIpc) is 3.15. The van der Waals surface area contributed by atoms with Crippen molar-refractivity contribution in [3.8, 4) is 10.6 Å². The van der Waals surface area contributed by atoms with Crippen LogP contribution in [0.4, 0.5) is 5.69 Å². The number of nitrogens with two attached hydrogens (primary N) is 1. The van der Waals surface area contributed by atoms with Gasteiger partial charge in [0.2, 0.25) is 0 Å². The second kappa shape index (κ2) is 9.36. The van der Waals surface area contributed by atoms with E-state index in [0.29, 0.717) is 5.69 Å². The van der Waals surface area contributed by atoms with E-state index in [1.54, 1.807) is 12.3 Å². The van der Waals surface area contributed by atoms with Crippen LogP contribution in [0.5, 0.6) is 0 Å². The highest BCUT2D eigenvalue weighted by Crippen LogP contribution is 2.31. The van der Waals surface area contributed by atoms with Gasteiger partial charge in [0.05, 0.1) is 6.61 Å². The number of hydrogen-bond donors (Lipinski definition) is 3. The number of nitrogens with zero attached hydrogens (tertiary/aromatic N) is 1. The number of carboxylic acids is 1. The Bertz CT molecular complexity index is 831. The Balaban J connectivity index is 0.000000186. The second-order valence-corrected chi connectivity index (χ2v) is 5.85. The molecule has 3 rings (SSSR count). The fourth-order valence-corrected chi connectivity index (χ4v) is 2.83. The number of aliphatic hydroxyl groups excluding tert-OH is 1. The van der Waals surface area contributed by atoms with Crippen molar-refractivity contribution in [1.29, 1.82) is 0 Å². The van der Waals surface area contributed by atoms with Crippen molar-refractivity contribution < 1.29 is 15.0 Å². The van der Waals surface area contributed by atoms with Crippen molar-refractivity contribution in [3.63, 3.8) is 0 Å². The maximum atomic E-state index is 10.1. The Morgan fingerprint density at radius 2 is 1.92 bits per heavy atom. The molecule has 1 aromatic heterocycles. The number of benzene rings is 2. The molecular formula is C19H18N2O3S. The number of hydrogen-bond acceptors (Lipinski definition) is 5. The summed E-state index contributed by atoms with van der Waals surface area (Å²) in [6.07, 6.45) is 4.41. The van der Waals surface area contributed by atoms with E-state index in [9.17, 15) is 4.79 Å². The number of rotatable bonds is 4. The second-order valence-electron chi connectivity index (χ2n) is 4.96. The van der Waals surface area contributed by atoms with Crippen LogP contribution < -0.4 is 5.73 Å². The number of aliphatic hydroxyl groups is 1. The van der Waals surface area contributed by atoms with Crippen molar-refractivity contribution in [2.24, 2.45) is 0 Å². The summed E-state index contributed by atoms with van der Waals surface area (Å²) in [5.41, 5.74) is 9.07. The zero-order chi connectivity index (χ0) is 18.1.